The van der Waals surface area contributed by atoms with Crippen LogP contribution in [0.15, 0.2) is 41.8 Å². The molecule has 3 heterocycles. The first-order valence-electron chi connectivity index (χ1n) is 6.49. The van der Waals surface area contributed by atoms with Crippen LogP contribution in [0.25, 0.3) is 28.5 Å². The van der Waals surface area contributed by atoms with Gasteiger partial charge in [0.1, 0.15) is 10.8 Å². The standard InChI is InChI=1S/C15H9FN4S2/c16-11-4-1-3-10(9-11)14-17-18-15-20(14)19-13(22-15)7-6-12-5-2-8-21-12/h1-9H. The second-order valence-electron chi connectivity index (χ2n) is 4.52. The Kier molecular flexibility index (Phi) is 3.28. The zero-order chi connectivity index (χ0) is 14.9. The van der Waals surface area contributed by atoms with Crippen LogP contribution in [0.4, 0.5) is 4.39 Å². The molecule has 1 aromatic carbocycles. The SMILES string of the molecule is Fc1cccc(-c2nnc3sc(C=Cc4cccs4)nn23)c1. The Balaban J connectivity index is 1.73. The van der Waals surface area contributed by atoms with Gasteiger partial charge in [0.15, 0.2) is 5.82 Å². The zero-order valence-electron chi connectivity index (χ0n) is 11.2. The minimum atomic E-state index is -0.303. The number of benzene rings is 1. The lowest BCUT2D eigenvalue weighted by atomic mass is 10.2. The maximum Gasteiger partial charge on any atom is 0.235 e. The molecule has 0 N–H and O–H groups in total. The average molecular weight is 328 g/mol. The van der Waals surface area contributed by atoms with Gasteiger partial charge >= 0.3 is 0 Å². The van der Waals surface area contributed by atoms with Crippen molar-refractivity contribution >= 4 is 39.8 Å². The summed E-state index contributed by atoms with van der Waals surface area (Å²) in [6, 6.07) is 10.3. The second-order valence-corrected chi connectivity index (χ2v) is 6.48. The van der Waals surface area contributed by atoms with Gasteiger partial charge in [0, 0.05) is 10.4 Å². The monoisotopic (exact) mass is 328 g/mol. The molecule has 3 aromatic heterocycles. The molecule has 0 aliphatic carbocycles. The van der Waals surface area contributed by atoms with Crippen LogP contribution in [0.1, 0.15) is 9.88 Å². The molecule has 0 bridgehead atoms. The van der Waals surface area contributed by atoms with Gasteiger partial charge in [0.25, 0.3) is 0 Å². The highest BCUT2D eigenvalue weighted by Crippen LogP contribution is 2.23. The van der Waals surface area contributed by atoms with E-state index in [4.69, 9.17) is 0 Å². The Bertz CT molecular complexity index is 953. The van der Waals surface area contributed by atoms with Gasteiger partial charge in [0.2, 0.25) is 4.96 Å². The lowest BCUT2D eigenvalue weighted by molar-refractivity contribution is 0.628. The number of hydrogen-bond acceptors (Lipinski definition) is 5. The molecule has 7 heteroatoms. The van der Waals surface area contributed by atoms with E-state index in [1.165, 1.54) is 23.5 Å². The van der Waals surface area contributed by atoms with Gasteiger partial charge in [0.05, 0.1) is 0 Å². The van der Waals surface area contributed by atoms with Crippen molar-refractivity contribution in [3.63, 3.8) is 0 Å². The van der Waals surface area contributed by atoms with Crippen LogP contribution in [0.2, 0.25) is 0 Å². The first-order chi connectivity index (χ1) is 10.8. The van der Waals surface area contributed by atoms with Crippen molar-refractivity contribution in [3.05, 3.63) is 57.5 Å². The highest BCUT2D eigenvalue weighted by Gasteiger charge is 2.12. The second kappa shape index (κ2) is 5.43. The largest absolute Gasteiger partial charge is 0.235 e. The maximum absolute atomic E-state index is 13.4. The summed E-state index contributed by atoms with van der Waals surface area (Å²) in [6.07, 6.45) is 3.96. The first-order valence-corrected chi connectivity index (χ1v) is 8.19. The van der Waals surface area contributed by atoms with E-state index >= 15 is 0 Å². The van der Waals surface area contributed by atoms with Crippen LogP contribution in [-0.2, 0) is 0 Å². The van der Waals surface area contributed by atoms with Crippen molar-refractivity contribution in [2.75, 3.05) is 0 Å². The van der Waals surface area contributed by atoms with Crippen LogP contribution < -0.4 is 0 Å². The third-order valence-electron chi connectivity index (χ3n) is 3.02. The molecule has 4 nitrogen and oxygen atoms in total. The highest BCUT2D eigenvalue weighted by atomic mass is 32.1. The molecule has 0 fully saturated rings. The van der Waals surface area contributed by atoms with E-state index in [0.717, 1.165) is 9.88 Å². The fourth-order valence-electron chi connectivity index (χ4n) is 2.05. The molecule has 4 aromatic rings. The van der Waals surface area contributed by atoms with Crippen LogP contribution in [0.5, 0.6) is 0 Å². The van der Waals surface area contributed by atoms with E-state index in [1.54, 1.807) is 28.0 Å². The number of rotatable bonds is 3. The van der Waals surface area contributed by atoms with Gasteiger partial charge in [-0.05, 0) is 35.7 Å². The number of halogens is 1. The topological polar surface area (TPSA) is 43.1 Å². The summed E-state index contributed by atoms with van der Waals surface area (Å²) in [4.78, 5) is 1.85. The van der Waals surface area contributed by atoms with Gasteiger partial charge in [-0.1, -0.05) is 29.5 Å². The van der Waals surface area contributed by atoms with Gasteiger partial charge in [-0.25, -0.2) is 4.39 Å². The molecule has 0 spiro atoms. The lowest BCUT2D eigenvalue weighted by Crippen LogP contribution is -1.91. The summed E-state index contributed by atoms with van der Waals surface area (Å²) in [6.45, 7) is 0. The minimum absolute atomic E-state index is 0.303. The summed E-state index contributed by atoms with van der Waals surface area (Å²) in [5.74, 6) is 0.240. The molecule has 0 radical (unpaired) electrons. The fourth-order valence-corrected chi connectivity index (χ4v) is 3.41. The number of aromatic nitrogens is 4. The van der Waals surface area contributed by atoms with Crippen molar-refractivity contribution < 1.29 is 4.39 Å². The van der Waals surface area contributed by atoms with E-state index in [2.05, 4.69) is 15.3 Å². The third kappa shape index (κ3) is 2.44. The van der Waals surface area contributed by atoms with Gasteiger partial charge < -0.3 is 0 Å². The van der Waals surface area contributed by atoms with Crippen molar-refractivity contribution in [1.29, 1.82) is 0 Å². The van der Waals surface area contributed by atoms with E-state index in [9.17, 15) is 4.39 Å². The summed E-state index contributed by atoms with van der Waals surface area (Å²) >= 11 is 3.11. The molecule has 0 amide bonds. The van der Waals surface area contributed by atoms with Gasteiger partial charge in [-0.15, -0.1) is 21.5 Å². The normalized spacial score (nSPS) is 11.7. The Morgan fingerprint density at radius 1 is 1.09 bits per heavy atom. The first kappa shape index (κ1) is 13.3. The molecule has 108 valence electrons. The minimum Gasteiger partial charge on any atom is -0.207 e. The smallest absolute Gasteiger partial charge is 0.207 e. The Morgan fingerprint density at radius 2 is 2.05 bits per heavy atom. The maximum atomic E-state index is 13.4. The summed E-state index contributed by atoms with van der Waals surface area (Å²) < 4.78 is 15.0. The molecule has 22 heavy (non-hydrogen) atoms. The lowest BCUT2D eigenvalue weighted by Gasteiger charge is -1.96. The summed E-state index contributed by atoms with van der Waals surface area (Å²) in [5, 5.41) is 15.5. The fraction of sp³-hybridized carbons (Fsp3) is 0. The van der Waals surface area contributed by atoms with Crippen molar-refractivity contribution in [3.8, 4) is 11.4 Å². The van der Waals surface area contributed by atoms with Crippen LogP contribution in [0, 0.1) is 5.82 Å². The molecule has 0 saturated carbocycles. The molecule has 0 aliphatic heterocycles. The van der Waals surface area contributed by atoms with E-state index in [0.29, 0.717) is 16.3 Å². The average Bonchev–Trinajstić information content (AvgIpc) is 3.22. The van der Waals surface area contributed by atoms with E-state index in [1.807, 2.05) is 29.7 Å². The van der Waals surface area contributed by atoms with E-state index in [-0.39, 0.29) is 5.82 Å². The van der Waals surface area contributed by atoms with E-state index < -0.39 is 0 Å². The molecular formula is C15H9FN4S2. The molecule has 4 rings (SSSR count). The third-order valence-corrected chi connectivity index (χ3v) is 4.72. The predicted molar refractivity (Wildman–Crippen MR) is 87.3 cm³/mol. The number of fused-ring (bicyclic) bond motifs is 1. The van der Waals surface area contributed by atoms with Gasteiger partial charge in [-0.2, -0.15) is 9.61 Å². The van der Waals surface area contributed by atoms with Crippen molar-refractivity contribution in [1.82, 2.24) is 19.8 Å². The summed E-state index contributed by atoms with van der Waals surface area (Å²) in [5.41, 5.74) is 0.659. The molecule has 0 saturated heterocycles. The van der Waals surface area contributed by atoms with Crippen LogP contribution in [0.3, 0.4) is 0 Å². The van der Waals surface area contributed by atoms with Crippen molar-refractivity contribution in [2.45, 2.75) is 0 Å². The number of hydrogen-bond donors (Lipinski definition) is 0. The molecule has 0 unspecified atom stereocenters. The zero-order valence-corrected chi connectivity index (χ0v) is 12.8. The Hall–Kier alpha value is -2.38. The molecule has 0 aliphatic rings. The Morgan fingerprint density at radius 3 is 2.86 bits per heavy atom. The highest BCUT2D eigenvalue weighted by molar-refractivity contribution is 7.17. The molecule has 0 atom stereocenters. The van der Waals surface area contributed by atoms with Crippen LogP contribution in [-0.4, -0.2) is 19.8 Å². The molecular weight excluding hydrogens is 319 g/mol. The predicted octanol–water partition coefficient (Wildman–Crippen LogP) is 4.22. The quantitative estimate of drug-likeness (QED) is 0.565. The number of thiophene rings is 1. The Labute approximate surface area is 133 Å². The van der Waals surface area contributed by atoms with Crippen molar-refractivity contribution in [2.24, 2.45) is 0 Å². The number of nitrogens with zero attached hydrogens (tertiary/aromatic N) is 4. The van der Waals surface area contributed by atoms with Crippen LogP contribution >= 0.6 is 22.7 Å². The summed E-state index contributed by atoms with van der Waals surface area (Å²) in [7, 11) is 0. The van der Waals surface area contributed by atoms with Gasteiger partial charge in [-0.3, -0.25) is 0 Å².